The second-order valence-corrected chi connectivity index (χ2v) is 3.76. The zero-order valence-corrected chi connectivity index (χ0v) is 9.30. The van der Waals surface area contributed by atoms with Gasteiger partial charge in [-0.1, -0.05) is 30.3 Å². The molecule has 76 valence electrons. The van der Waals surface area contributed by atoms with E-state index in [0.717, 1.165) is 17.4 Å². The van der Waals surface area contributed by atoms with Crippen molar-refractivity contribution in [3.8, 4) is 0 Å². The van der Waals surface area contributed by atoms with Crippen molar-refractivity contribution in [2.75, 3.05) is 14.1 Å². The van der Waals surface area contributed by atoms with Gasteiger partial charge in [-0.15, -0.1) is 0 Å². The highest BCUT2D eigenvalue weighted by Gasteiger charge is 1.96. The second kappa shape index (κ2) is 4.91. The van der Waals surface area contributed by atoms with E-state index in [1.54, 1.807) is 0 Å². The van der Waals surface area contributed by atoms with E-state index >= 15 is 0 Å². The molecule has 1 N–H and O–H groups in total. The first-order valence-corrected chi connectivity index (χ1v) is 4.82. The summed E-state index contributed by atoms with van der Waals surface area (Å²) in [7, 11) is 3.91. The van der Waals surface area contributed by atoms with Crippen LogP contribution in [0.25, 0.3) is 0 Å². The van der Waals surface area contributed by atoms with Crippen LogP contribution in [-0.4, -0.2) is 19.0 Å². The smallest absolute Gasteiger partial charge is 0.0936 e. The molecule has 0 spiro atoms. The first-order valence-electron chi connectivity index (χ1n) is 4.44. The Labute approximate surface area is 90.2 Å². The Kier molecular flexibility index (Phi) is 3.84. The highest BCUT2D eigenvalue weighted by Crippen LogP contribution is 2.09. The van der Waals surface area contributed by atoms with Crippen LogP contribution < -0.4 is 5.32 Å². The van der Waals surface area contributed by atoms with Crippen LogP contribution >= 0.6 is 11.6 Å². The van der Waals surface area contributed by atoms with E-state index in [4.69, 9.17) is 11.6 Å². The van der Waals surface area contributed by atoms with Gasteiger partial charge in [0.15, 0.2) is 0 Å². The first kappa shape index (κ1) is 10.9. The average Bonchev–Trinajstić information content (AvgIpc) is 2.16. The summed E-state index contributed by atoms with van der Waals surface area (Å²) in [6, 6.07) is 7.77. The summed E-state index contributed by atoms with van der Waals surface area (Å²) < 4.78 is 0. The third-order valence-electron chi connectivity index (χ3n) is 1.95. The zero-order chi connectivity index (χ0) is 10.6. The van der Waals surface area contributed by atoms with Crippen molar-refractivity contribution in [3.63, 3.8) is 0 Å². The summed E-state index contributed by atoms with van der Waals surface area (Å²) in [5, 5.41) is 3.97. The molecule has 3 heteroatoms. The molecule has 0 saturated carbocycles. The van der Waals surface area contributed by atoms with Crippen molar-refractivity contribution in [3.05, 3.63) is 47.3 Å². The third kappa shape index (κ3) is 3.30. The molecule has 0 bridgehead atoms. The van der Waals surface area contributed by atoms with E-state index in [-0.39, 0.29) is 0 Å². The summed E-state index contributed by atoms with van der Waals surface area (Å²) in [6.45, 7) is 4.65. The molecule has 0 aliphatic rings. The molecule has 0 aliphatic carbocycles. The van der Waals surface area contributed by atoms with Gasteiger partial charge in [0.25, 0.3) is 0 Å². The van der Waals surface area contributed by atoms with Crippen LogP contribution in [0.4, 0.5) is 0 Å². The predicted octanol–water partition coefficient (Wildman–Crippen LogP) is 2.46. The molecule has 14 heavy (non-hydrogen) atoms. The maximum atomic E-state index is 5.78. The van der Waals surface area contributed by atoms with Gasteiger partial charge in [-0.25, -0.2) is 0 Å². The standard InChI is InChI=1S/C11H15ClN2/c1-9(14(2)3)13-8-10-4-6-11(12)7-5-10/h4-7,13H,1,8H2,2-3H3. The minimum Gasteiger partial charge on any atom is -0.368 e. The number of halogens is 1. The Hall–Kier alpha value is -1.15. The highest BCUT2D eigenvalue weighted by molar-refractivity contribution is 6.30. The maximum Gasteiger partial charge on any atom is 0.0936 e. The SMILES string of the molecule is C=C(NCc1ccc(Cl)cc1)N(C)C. The normalized spacial score (nSPS) is 9.64. The fourth-order valence-corrected chi connectivity index (χ4v) is 1.09. The molecule has 2 nitrogen and oxygen atoms in total. The lowest BCUT2D eigenvalue weighted by Crippen LogP contribution is -2.23. The molecule has 0 radical (unpaired) electrons. The predicted molar refractivity (Wildman–Crippen MR) is 61.1 cm³/mol. The topological polar surface area (TPSA) is 15.3 Å². The van der Waals surface area contributed by atoms with Crippen LogP contribution in [0.3, 0.4) is 0 Å². The molecule has 0 heterocycles. The van der Waals surface area contributed by atoms with Gasteiger partial charge in [0.05, 0.1) is 5.82 Å². The van der Waals surface area contributed by atoms with E-state index in [9.17, 15) is 0 Å². The molecule has 1 aromatic rings. The highest BCUT2D eigenvalue weighted by atomic mass is 35.5. The van der Waals surface area contributed by atoms with Gasteiger partial charge in [-0.2, -0.15) is 0 Å². The van der Waals surface area contributed by atoms with Crippen LogP contribution in [0.1, 0.15) is 5.56 Å². The van der Waals surface area contributed by atoms with Gasteiger partial charge in [-0.05, 0) is 17.7 Å². The minimum absolute atomic E-state index is 0.764. The fraction of sp³-hybridized carbons (Fsp3) is 0.273. The summed E-state index contributed by atoms with van der Waals surface area (Å²) >= 11 is 5.78. The molecular formula is C11H15ClN2. The van der Waals surface area contributed by atoms with Crippen LogP contribution in [-0.2, 0) is 6.54 Å². The van der Waals surface area contributed by atoms with Crippen molar-refractivity contribution in [1.82, 2.24) is 10.2 Å². The number of hydrogen-bond acceptors (Lipinski definition) is 2. The van der Waals surface area contributed by atoms with Crippen LogP contribution in [0, 0.1) is 0 Å². The van der Waals surface area contributed by atoms with Crippen molar-refractivity contribution < 1.29 is 0 Å². The largest absolute Gasteiger partial charge is 0.368 e. The van der Waals surface area contributed by atoms with Gasteiger partial charge >= 0.3 is 0 Å². The summed E-state index contributed by atoms with van der Waals surface area (Å²) in [4.78, 5) is 1.94. The lowest BCUT2D eigenvalue weighted by atomic mass is 10.2. The van der Waals surface area contributed by atoms with Crippen molar-refractivity contribution in [2.45, 2.75) is 6.54 Å². The fourth-order valence-electron chi connectivity index (χ4n) is 0.964. The Bertz CT molecular complexity index is 304. The quantitative estimate of drug-likeness (QED) is 0.822. The van der Waals surface area contributed by atoms with Gasteiger partial charge in [0, 0.05) is 25.7 Å². The number of hydrogen-bond donors (Lipinski definition) is 1. The van der Waals surface area contributed by atoms with Crippen LogP contribution in [0.2, 0.25) is 5.02 Å². The number of nitrogens with zero attached hydrogens (tertiary/aromatic N) is 1. The summed E-state index contributed by atoms with van der Waals surface area (Å²) in [5.41, 5.74) is 1.19. The minimum atomic E-state index is 0.764. The van der Waals surface area contributed by atoms with E-state index in [0.29, 0.717) is 0 Å². The lowest BCUT2D eigenvalue weighted by molar-refractivity contribution is 0.462. The Morgan fingerprint density at radius 3 is 2.43 bits per heavy atom. The first-order chi connectivity index (χ1) is 6.59. The monoisotopic (exact) mass is 210 g/mol. The van der Waals surface area contributed by atoms with Crippen molar-refractivity contribution >= 4 is 11.6 Å². The zero-order valence-electron chi connectivity index (χ0n) is 8.55. The molecule has 0 aromatic heterocycles. The van der Waals surface area contributed by atoms with Crippen molar-refractivity contribution in [1.29, 1.82) is 0 Å². The number of nitrogens with one attached hydrogen (secondary N) is 1. The Morgan fingerprint density at radius 2 is 1.93 bits per heavy atom. The molecule has 1 rings (SSSR count). The molecule has 0 saturated heterocycles. The molecule has 0 unspecified atom stereocenters. The van der Waals surface area contributed by atoms with Gasteiger partial charge < -0.3 is 10.2 Å². The number of benzene rings is 1. The van der Waals surface area contributed by atoms with E-state index in [2.05, 4.69) is 11.9 Å². The molecule has 0 aliphatic heterocycles. The van der Waals surface area contributed by atoms with Crippen LogP contribution in [0.15, 0.2) is 36.7 Å². The summed E-state index contributed by atoms with van der Waals surface area (Å²) in [5.74, 6) is 0.903. The van der Waals surface area contributed by atoms with E-state index in [1.807, 2.05) is 43.3 Å². The Morgan fingerprint density at radius 1 is 1.36 bits per heavy atom. The van der Waals surface area contributed by atoms with Gasteiger partial charge in [0.2, 0.25) is 0 Å². The lowest BCUT2D eigenvalue weighted by Gasteiger charge is -2.17. The second-order valence-electron chi connectivity index (χ2n) is 3.32. The van der Waals surface area contributed by atoms with Crippen molar-refractivity contribution in [2.24, 2.45) is 0 Å². The van der Waals surface area contributed by atoms with E-state index < -0.39 is 0 Å². The maximum absolute atomic E-state index is 5.78. The average molecular weight is 211 g/mol. The molecule has 0 fully saturated rings. The molecule has 0 atom stereocenters. The molecule has 0 amide bonds. The van der Waals surface area contributed by atoms with Gasteiger partial charge in [-0.3, -0.25) is 0 Å². The number of rotatable bonds is 4. The Balaban J connectivity index is 2.46. The summed E-state index contributed by atoms with van der Waals surface area (Å²) in [6.07, 6.45) is 0. The van der Waals surface area contributed by atoms with Crippen LogP contribution in [0.5, 0.6) is 0 Å². The van der Waals surface area contributed by atoms with Gasteiger partial charge in [0.1, 0.15) is 0 Å². The van der Waals surface area contributed by atoms with E-state index in [1.165, 1.54) is 5.56 Å². The molecule has 1 aromatic carbocycles. The third-order valence-corrected chi connectivity index (χ3v) is 2.20. The molecular weight excluding hydrogens is 196 g/mol.